The maximum absolute atomic E-state index is 12.6. The van der Waals surface area contributed by atoms with Crippen molar-refractivity contribution < 1.29 is 9.90 Å². The smallest absolute Gasteiger partial charge is 0.271 e. The monoisotopic (exact) mass is 379 g/mol. The first-order valence-corrected chi connectivity index (χ1v) is 9.88. The molecule has 28 heavy (non-hydrogen) atoms. The standard InChI is InChI=1S/C22H25N3O3/c26-19-9-6-16(12-19)17-13-20(22(28)23-14-17)24-21(27)15-4-7-18(8-5-15)25-10-2-1-3-11-25/h4-5,7-8,12-14,19,26H,1-3,6,9-11H2,(H,23,28)(H,24,27). The summed E-state index contributed by atoms with van der Waals surface area (Å²) in [6.07, 6.45) is 8.08. The Bertz CT molecular complexity index is 940. The number of aliphatic hydroxyl groups is 1. The Morgan fingerprint density at radius 3 is 2.57 bits per heavy atom. The zero-order valence-corrected chi connectivity index (χ0v) is 15.8. The highest BCUT2D eigenvalue weighted by Gasteiger charge is 2.17. The SMILES string of the molecule is O=C(Nc1cc(C2=CC(O)CC2)c[nH]c1=O)c1ccc(N2CCCCC2)cc1. The van der Waals surface area contributed by atoms with Gasteiger partial charge in [0.25, 0.3) is 11.5 Å². The Morgan fingerprint density at radius 1 is 1.14 bits per heavy atom. The van der Waals surface area contributed by atoms with Crippen LogP contribution in [0.1, 0.15) is 48.0 Å². The summed E-state index contributed by atoms with van der Waals surface area (Å²) in [6, 6.07) is 9.19. The summed E-state index contributed by atoms with van der Waals surface area (Å²) in [5, 5.41) is 12.4. The Hall–Kier alpha value is -2.86. The number of nitrogens with zero attached hydrogens (tertiary/aromatic N) is 1. The lowest BCUT2D eigenvalue weighted by Gasteiger charge is -2.28. The molecule has 1 unspecified atom stereocenters. The minimum Gasteiger partial charge on any atom is -0.389 e. The van der Waals surface area contributed by atoms with Crippen LogP contribution < -0.4 is 15.8 Å². The van der Waals surface area contributed by atoms with Crippen molar-refractivity contribution in [3.8, 4) is 0 Å². The van der Waals surface area contributed by atoms with Crippen LogP contribution in [0.2, 0.25) is 0 Å². The van der Waals surface area contributed by atoms with Gasteiger partial charge < -0.3 is 20.3 Å². The molecule has 6 heteroatoms. The molecule has 6 nitrogen and oxygen atoms in total. The van der Waals surface area contributed by atoms with E-state index in [1.54, 1.807) is 30.5 Å². The van der Waals surface area contributed by atoms with Crippen LogP contribution in [-0.4, -0.2) is 35.2 Å². The summed E-state index contributed by atoms with van der Waals surface area (Å²) in [6.45, 7) is 2.11. The molecule has 2 aromatic rings. The van der Waals surface area contributed by atoms with Crippen molar-refractivity contribution >= 4 is 22.9 Å². The molecular formula is C22H25N3O3. The number of nitrogens with one attached hydrogen (secondary N) is 2. The first kappa shape index (κ1) is 18.5. The number of anilines is 2. The second-order valence-electron chi connectivity index (χ2n) is 7.48. The molecule has 0 bridgehead atoms. The average molecular weight is 379 g/mol. The van der Waals surface area contributed by atoms with Crippen molar-refractivity contribution in [2.45, 2.75) is 38.2 Å². The molecule has 0 saturated carbocycles. The van der Waals surface area contributed by atoms with Crippen molar-refractivity contribution in [3.05, 3.63) is 64.1 Å². The number of carbonyl (C=O) groups excluding carboxylic acids is 1. The lowest BCUT2D eigenvalue weighted by atomic mass is 10.1. The van der Waals surface area contributed by atoms with E-state index in [4.69, 9.17) is 0 Å². The molecule has 2 aliphatic rings. The van der Waals surface area contributed by atoms with E-state index in [1.807, 2.05) is 12.1 Å². The summed E-state index contributed by atoms with van der Waals surface area (Å²) < 4.78 is 0. The second-order valence-corrected chi connectivity index (χ2v) is 7.48. The van der Waals surface area contributed by atoms with Gasteiger partial charge in [-0.05, 0) is 73.6 Å². The number of aliphatic hydroxyl groups excluding tert-OH is 1. The molecule has 1 aliphatic carbocycles. The van der Waals surface area contributed by atoms with E-state index >= 15 is 0 Å². The van der Waals surface area contributed by atoms with E-state index in [0.717, 1.165) is 36.3 Å². The maximum Gasteiger partial charge on any atom is 0.271 e. The molecule has 1 atom stereocenters. The third-order valence-corrected chi connectivity index (χ3v) is 5.48. The van der Waals surface area contributed by atoms with Gasteiger partial charge in [0.2, 0.25) is 0 Å². The zero-order valence-electron chi connectivity index (χ0n) is 15.8. The highest BCUT2D eigenvalue weighted by Crippen LogP contribution is 2.28. The number of aromatic nitrogens is 1. The van der Waals surface area contributed by atoms with Gasteiger partial charge in [0, 0.05) is 30.5 Å². The second kappa shape index (κ2) is 8.02. The number of aromatic amines is 1. The van der Waals surface area contributed by atoms with Gasteiger partial charge in [0.05, 0.1) is 6.10 Å². The predicted molar refractivity (Wildman–Crippen MR) is 111 cm³/mol. The van der Waals surface area contributed by atoms with Crippen molar-refractivity contribution in [1.29, 1.82) is 0 Å². The molecule has 1 saturated heterocycles. The quantitative estimate of drug-likeness (QED) is 0.762. The number of allylic oxidation sites excluding steroid dienone is 1. The van der Waals surface area contributed by atoms with Gasteiger partial charge in [0.1, 0.15) is 5.69 Å². The first-order valence-electron chi connectivity index (χ1n) is 9.88. The number of rotatable bonds is 4. The van der Waals surface area contributed by atoms with Crippen LogP contribution >= 0.6 is 0 Å². The van der Waals surface area contributed by atoms with Gasteiger partial charge in [0.15, 0.2) is 0 Å². The molecule has 4 rings (SSSR count). The molecular weight excluding hydrogens is 354 g/mol. The Balaban J connectivity index is 1.49. The Labute approximate surface area is 163 Å². The molecule has 1 aromatic carbocycles. The van der Waals surface area contributed by atoms with Crippen molar-refractivity contribution in [1.82, 2.24) is 4.98 Å². The Morgan fingerprint density at radius 2 is 1.89 bits per heavy atom. The van der Waals surface area contributed by atoms with E-state index in [9.17, 15) is 14.7 Å². The van der Waals surface area contributed by atoms with Crippen molar-refractivity contribution in [2.75, 3.05) is 23.3 Å². The summed E-state index contributed by atoms with van der Waals surface area (Å²) in [4.78, 5) is 29.7. The molecule has 0 radical (unpaired) electrons. The maximum atomic E-state index is 12.6. The van der Waals surface area contributed by atoms with Gasteiger partial charge in [-0.3, -0.25) is 9.59 Å². The highest BCUT2D eigenvalue weighted by atomic mass is 16.3. The lowest BCUT2D eigenvalue weighted by Crippen LogP contribution is -2.29. The molecule has 3 N–H and O–H groups in total. The van der Waals surface area contributed by atoms with E-state index in [1.165, 1.54) is 19.3 Å². The molecule has 1 aliphatic heterocycles. The van der Waals surface area contributed by atoms with Crippen molar-refractivity contribution in [3.63, 3.8) is 0 Å². The highest BCUT2D eigenvalue weighted by molar-refractivity contribution is 6.04. The fourth-order valence-electron chi connectivity index (χ4n) is 3.88. The molecule has 1 amide bonds. The third kappa shape index (κ3) is 4.02. The lowest BCUT2D eigenvalue weighted by molar-refractivity contribution is 0.102. The normalized spacial score (nSPS) is 19.4. The van der Waals surface area contributed by atoms with Gasteiger partial charge in [-0.15, -0.1) is 0 Å². The number of H-pyrrole nitrogens is 1. The number of piperidine rings is 1. The van der Waals surface area contributed by atoms with Gasteiger partial charge in [-0.2, -0.15) is 0 Å². The van der Waals surface area contributed by atoms with Crippen LogP contribution in [0.4, 0.5) is 11.4 Å². The first-order chi connectivity index (χ1) is 13.6. The van der Waals surface area contributed by atoms with Gasteiger partial charge in [-0.1, -0.05) is 6.08 Å². The summed E-state index contributed by atoms with van der Waals surface area (Å²) in [7, 11) is 0. The largest absolute Gasteiger partial charge is 0.389 e. The topological polar surface area (TPSA) is 85.4 Å². The van der Waals surface area contributed by atoms with E-state index in [0.29, 0.717) is 12.0 Å². The van der Waals surface area contributed by atoms with E-state index < -0.39 is 6.10 Å². The van der Waals surface area contributed by atoms with E-state index in [-0.39, 0.29) is 17.2 Å². The van der Waals surface area contributed by atoms with Gasteiger partial charge >= 0.3 is 0 Å². The fourth-order valence-corrected chi connectivity index (χ4v) is 3.88. The molecule has 146 valence electrons. The van der Waals surface area contributed by atoms with Crippen LogP contribution in [0.5, 0.6) is 0 Å². The number of hydrogen-bond donors (Lipinski definition) is 3. The zero-order chi connectivity index (χ0) is 19.5. The molecule has 0 spiro atoms. The minimum absolute atomic E-state index is 0.213. The predicted octanol–water partition coefficient (Wildman–Crippen LogP) is 3.16. The van der Waals surface area contributed by atoms with Crippen LogP contribution in [0.3, 0.4) is 0 Å². The summed E-state index contributed by atoms with van der Waals surface area (Å²) in [5.74, 6) is -0.312. The number of benzene rings is 1. The summed E-state index contributed by atoms with van der Waals surface area (Å²) in [5.41, 5.74) is 3.30. The Kier molecular flexibility index (Phi) is 5.30. The third-order valence-electron chi connectivity index (χ3n) is 5.48. The van der Waals surface area contributed by atoms with Crippen LogP contribution in [-0.2, 0) is 0 Å². The van der Waals surface area contributed by atoms with Gasteiger partial charge in [-0.25, -0.2) is 0 Å². The number of pyridine rings is 1. The molecule has 2 heterocycles. The average Bonchev–Trinajstić information content (AvgIpc) is 3.17. The number of hydrogen-bond acceptors (Lipinski definition) is 4. The fraction of sp³-hybridized carbons (Fsp3) is 0.364. The molecule has 1 aromatic heterocycles. The van der Waals surface area contributed by atoms with E-state index in [2.05, 4.69) is 15.2 Å². The number of amides is 1. The van der Waals surface area contributed by atoms with Crippen molar-refractivity contribution in [2.24, 2.45) is 0 Å². The van der Waals surface area contributed by atoms with Crippen LogP contribution in [0.25, 0.3) is 5.57 Å². The molecule has 1 fully saturated rings. The minimum atomic E-state index is -0.446. The van der Waals surface area contributed by atoms with Crippen LogP contribution in [0.15, 0.2) is 47.4 Å². The summed E-state index contributed by atoms with van der Waals surface area (Å²) >= 11 is 0. The van der Waals surface area contributed by atoms with Crippen LogP contribution in [0, 0.1) is 0 Å². The number of carbonyl (C=O) groups is 1.